The lowest BCUT2D eigenvalue weighted by atomic mass is 9.73. The first-order valence-corrected chi connectivity index (χ1v) is 15.0. The number of fused-ring (bicyclic) bond motifs is 1. The molecule has 1 aliphatic heterocycles. The van der Waals surface area contributed by atoms with Gasteiger partial charge in [-0.1, -0.05) is 18.6 Å². The predicted octanol–water partition coefficient (Wildman–Crippen LogP) is 1.78. The quantitative estimate of drug-likeness (QED) is 0.160. The molecule has 12 heteroatoms. The molecule has 1 amide bonds. The molecule has 3 aliphatic rings. The van der Waals surface area contributed by atoms with Gasteiger partial charge in [0.15, 0.2) is 11.5 Å². The van der Waals surface area contributed by atoms with Gasteiger partial charge in [0.1, 0.15) is 42.6 Å². The van der Waals surface area contributed by atoms with E-state index in [2.05, 4.69) is 5.32 Å². The van der Waals surface area contributed by atoms with E-state index in [0.717, 1.165) is 19.3 Å². The summed E-state index contributed by atoms with van der Waals surface area (Å²) in [6.07, 6.45) is -2.88. The lowest BCUT2D eigenvalue weighted by molar-refractivity contribution is -0.139. The molecular weight excluding hydrogens is 589 g/mol. The number of hydrogen-bond donors (Lipinski definition) is 7. The van der Waals surface area contributed by atoms with Gasteiger partial charge in [0.25, 0.3) is 0 Å². The van der Waals surface area contributed by atoms with Crippen LogP contribution in [0.25, 0.3) is 6.08 Å². The van der Waals surface area contributed by atoms with E-state index < -0.39 is 60.7 Å². The number of aromatic hydroxyl groups is 1. The van der Waals surface area contributed by atoms with Crippen LogP contribution in [-0.2, 0) is 9.53 Å². The van der Waals surface area contributed by atoms with Crippen molar-refractivity contribution in [1.82, 2.24) is 5.32 Å². The Morgan fingerprint density at radius 2 is 1.71 bits per heavy atom. The molecule has 45 heavy (non-hydrogen) atoms. The fraction of sp³-hybridized carbons (Fsp3) is 0.485. The maximum Gasteiger partial charge on any atom is 0.247 e. The topological polar surface area (TPSA) is 178 Å². The van der Waals surface area contributed by atoms with E-state index in [0.29, 0.717) is 16.9 Å². The molecule has 0 aromatic heterocycles. The average Bonchev–Trinajstić information content (AvgIpc) is 3.61. The van der Waals surface area contributed by atoms with Crippen molar-refractivity contribution in [2.24, 2.45) is 11.8 Å². The third-order valence-corrected chi connectivity index (χ3v) is 8.97. The van der Waals surface area contributed by atoms with Gasteiger partial charge in [-0.2, -0.15) is 0 Å². The fourth-order valence-corrected chi connectivity index (χ4v) is 6.46. The van der Waals surface area contributed by atoms with Gasteiger partial charge in [0.05, 0.1) is 18.2 Å². The number of phenols is 1. The van der Waals surface area contributed by atoms with Crippen molar-refractivity contribution in [3.8, 4) is 17.2 Å². The molecule has 2 aromatic carbocycles. The van der Waals surface area contributed by atoms with Crippen LogP contribution in [0.4, 0.5) is 4.39 Å². The van der Waals surface area contributed by atoms with Gasteiger partial charge >= 0.3 is 0 Å². The van der Waals surface area contributed by atoms with Crippen LogP contribution in [-0.4, -0.2) is 92.1 Å². The van der Waals surface area contributed by atoms with Crippen molar-refractivity contribution in [3.05, 3.63) is 71.1 Å². The van der Waals surface area contributed by atoms with Crippen LogP contribution >= 0.6 is 0 Å². The van der Waals surface area contributed by atoms with Gasteiger partial charge < -0.3 is 50.2 Å². The molecule has 244 valence electrons. The number of halogens is 1. The Hall–Kier alpha value is -3.52. The first kappa shape index (κ1) is 32.9. The van der Waals surface area contributed by atoms with E-state index in [-0.39, 0.29) is 35.5 Å². The number of amides is 1. The zero-order chi connectivity index (χ0) is 32.4. The summed E-state index contributed by atoms with van der Waals surface area (Å²) in [7, 11) is 0. The summed E-state index contributed by atoms with van der Waals surface area (Å²) in [5, 5.41) is 66.3. The lowest BCUT2D eigenvalue weighted by Gasteiger charge is -2.43. The van der Waals surface area contributed by atoms with Crippen LogP contribution in [0, 0.1) is 17.7 Å². The highest BCUT2D eigenvalue weighted by Crippen LogP contribution is 2.43. The Kier molecular flexibility index (Phi) is 10.1. The summed E-state index contributed by atoms with van der Waals surface area (Å²) < 4.78 is 30.3. The Bertz CT molecular complexity index is 1430. The number of carbonyl (C=O) groups excluding carboxylic acids is 1. The maximum atomic E-state index is 13.4. The van der Waals surface area contributed by atoms with Gasteiger partial charge in [0, 0.05) is 11.6 Å². The van der Waals surface area contributed by atoms with Gasteiger partial charge in [-0.3, -0.25) is 4.79 Å². The van der Waals surface area contributed by atoms with Gasteiger partial charge in [-0.05, 0) is 86.1 Å². The third-order valence-electron chi connectivity index (χ3n) is 8.97. The molecule has 3 fully saturated rings. The van der Waals surface area contributed by atoms with Crippen molar-refractivity contribution < 1.29 is 54.0 Å². The van der Waals surface area contributed by atoms with Gasteiger partial charge in [-0.15, -0.1) is 0 Å². The normalized spacial score (nSPS) is 33.5. The summed E-state index contributed by atoms with van der Waals surface area (Å²) in [4.78, 5) is 12.9. The number of phenolic OH excluding ortho intramolecular Hbond substituents is 1. The Morgan fingerprint density at radius 3 is 2.42 bits per heavy atom. The number of nitrogens with one attached hydrogen (secondary N) is 1. The van der Waals surface area contributed by atoms with Crippen molar-refractivity contribution >= 4 is 12.0 Å². The van der Waals surface area contributed by atoms with Crippen molar-refractivity contribution in [2.75, 3.05) is 6.61 Å². The van der Waals surface area contributed by atoms with Crippen LogP contribution in [0.2, 0.25) is 0 Å². The minimum absolute atomic E-state index is 0.0317. The van der Waals surface area contributed by atoms with Crippen LogP contribution < -0.4 is 14.8 Å². The molecule has 2 saturated carbocycles. The number of carbonyl (C=O) groups is 1. The highest BCUT2D eigenvalue weighted by atomic mass is 19.1. The van der Waals surface area contributed by atoms with Gasteiger partial charge in [-0.25, -0.2) is 4.39 Å². The standard InChI is InChI=1S/C33H40FNO10/c1-16(11-12-43-20-6-3-5-19(34)15-20)31-29(40)30(41)33(45-31)44-24-10-9-18(14-23(24)36)13-17(2)32(42)35-25-26(37)21-7-4-8-22(21)27(38)28(25)39/h3,5-6,9-11,13-15,21-22,25-31,33,36-41H,4,7-8,12H2,1-2H3,(H,35,42)/b16-11+,17-13+/t21-,22+,25+,26+,27+,28+,29+,30+,31-,33-/m1/s1. The van der Waals surface area contributed by atoms with Crippen LogP contribution in [0.1, 0.15) is 38.7 Å². The first-order valence-electron chi connectivity index (χ1n) is 15.0. The second-order valence-corrected chi connectivity index (χ2v) is 12.0. The summed E-state index contributed by atoms with van der Waals surface area (Å²) in [6.45, 7) is 3.29. The van der Waals surface area contributed by atoms with Crippen molar-refractivity contribution in [3.63, 3.8) is 0 Å². The molecule has 2 aromatic rings. The molecular formula is C33H40FNO10. The van der Waals surface area contributed by atoms with Crippen LogP contribution in [0.3, 0.4) is 0 Å². The largest absolute Gasteiger partial charge is 0.504 e. The molecule has 11 nitrogen and oxygen atoms in total. The SMILES string of the molecule is C/C(=C\c1ccc(O[C@@H]2O[C@H](/C(C)=C/COc3cccc(F)c3)[C@@H](O)[C@@H]2O)c(O)c1)C(=O)N[C@@H]1[C@H](O)[C@@H](O)[C@H]2CCC[C@H]2[C@@H]1O. The second kappa shape index (κ2) is 13.9. The number of ether oxygens (including phenoxy) is 3. The minimum atomic E-state index is -1.43. The molecule has 1 saturated heterocycles. The van der Waals surface area contributed by atoms with Crippen LogP contribution in [0.5, 0.6) is 17.2 Å². The van der Waals surface area contributed by atoms with Crippen LogP contribution in [0.15, 0.2) is 59.7 Å². The van der Waals surface area contributed by atoms with E-state index in [4.69, 9.17) is 14.2 Å². The second-order valence-electron chi connectivity index (χ2n) is 12.0. The third kappa shape index (κ3) is 7.16. The Labute approximate surface area is 260 Å². The number of hydrogen-bond acceptors (Lipinski definition) is 10. The zero-order valence-corrected chi connectivity index (χ0v) is 25.0. The van der Waals surface area contributed by atoms with Gasteiger partial charge in [0.2, 0.25) is 12.2 Å². The highest BCUT2D eigenvalue weighted by molar-refractivity contribution is 5.97. The number of aliphatic hydroxyl groups is 5. The predicted molar refractivity (Wildman–Crippen MR) is 159 cm³/mol. The Morgan fingerprint density at radius 1 is 0.978 bits per heavy atom. The Balaban J connectivity index is 1.18. The van der Waals surface area contributed by atoms with E-state index in [1.165, 1.54) is 43.3 Å². The minimum Gasteiger partial charge on any atom is -0.504 e. The average molecular weight is 630 g/mol. The molecule has 0 unspecified atom stereocenters. The molecule has 0 radical (unpaired) electrons. The van der Waals surface area contributed by atoms with E-state index >= 15 is 0 Å². The van der Waals surface area contributed by atoms with E-state index in [9.17, 15) is 39.8 Å². The smallest absolute Gasteiger partial charge is 0.247 e. The lowest BCUT2D eigenvalue weighted by Crippen LogP contribution is -2.63. The fourth-order valence-electron chi connectivity index (χ4n) is 6.46. The highest BCUT2D eigenvalue weighted by Gasteiger charge is 2.51. The molecule has 1 heterocycles. The van der Waals surface area contributed by atoms with E-state index in [1.807, 2.05) is 0 Å². The van der Waals surface area contributed by atoms with Crippen molar-refractivity contribution in [1.29, 1.82) is 0 Å². The summed E-state index contributed by atoms with van der Waals surface area (Å²) in [5.74, 6) is -1.37. The summed E-state index contributed by atoms with van der Waals surface area (Å²) in [5.41, 5.74) is 1.22. The summed E-state index contributed by atoms with van der Waals surface area (Å²) >= 11 is 0. The first-order chi connectivity index (χ1) is 21.4. The maximum absolute atomic E-state index is 13.4. The zero-order valence-electron chi connectivity index (χ0n) is 25.0. The molecule has 5 rings (SSSR count). The number of benzene rings is 2. The molecule has 0 spiro atoms. The monoisotopic (exact) mass is 629 g/mol. The number of rotatable bonds is 9. The molecule has 7 N–H and O–H groups in total. The van der Waals surface area contributed by atoms with Crippen molar-refractivity contribution in [2.45, 2.75) is 82.1 Å². The molecule has 2 aliphatic carbocycles. The molecule has 10 atom stereocenters. The van der Waals surface area contributed by atoms with E-state index in [1.54, 1.807) is 25.1 Å². The summed E-state index contributed by atoms with van der Waals surface area (Å²) in [6, 6.07) is 8.97. The number of aliphatic hydroxyl groups excluding tert-OH is 5. The molecule has 0 bridgehead atoms.